The fourth-order valence-corrected chi connectivity index (χ4v) is 2.37. The Balaban J connectivity index is 2.39. The molecular weight excluding hydrogens is 317 g/mol. The molecular formula is C14H10ClF3N4. The largest absolute Gasteiger partial charge is 0.434 e. The first-order valence-corrected chi connectivity index (χ1v) is 6.64. The van der Waals surface area contributed by atoms with Crippen molar-refractivity contribution in [3.63, 3.8) is 0 Å². The highest BCUT2D eigenvalue weighted by Gasteiger charge is 2.38. The van der Waals surface area contributed by atoms with E-state index in [2.05, 4.69) is 10.1 Å². The van der Waals surface area contributed by atoms with Crippen molar-refractivity contribution in [1.82, 2.24) is 14.6 Å². The zero-order valence-corrected chi connectivity index (χ0v) is 12.1. The zero-order chi connectivity index (χ0) is 16.1. The van der Waals surface area contributed by atoms with E-state index in [0.717, 1.165) is 0 Å². The second-order valence-electron chi connectivity index (χ2n) is 4.78. The van der Waals surface area contributed by atoms with Gasteiger partial charge in [0.1, 0.15) is 5.82 Å². The van der Waals surface area contributed by atoms with Crippen molar-refractivity contribution >= 4 is 23.1 Å². The molecule has 4 nitrogen and oxygen atoms in total. The minimum Gasteiger partial charge on any atom is -0.383 e. The van der Waals surface area contributed by atoms with Gasteiger partial charge in [-0.15, -0.1) is 0 Å². The van der Waals surface area contributed by atoms with E-state index in [1.807, 2.05) is 0 Å². The topological polar surface area (TPSA) is 56.2 Å². The van der Waals surface area contributed by atoms with Crippen LogP contribution < -0.4 is 5.73 Å². The van der Waals surface area contributed by atoms with Crippen LogP contribution in [-0.4, -0.2) is 14.6 Å². The molecule has 3 aromatic rings. The summed E-state index contributed by atoms with van der Waals surface area (Å²) in [7, 11) is 0. The van der Waals surface area contributed by atoms with E-state index in [0.29, 0.717) is 10.7 Å². The van der Waals surface area contributed by atoms with Gasteiger partial charge in [0.25, 0.3) is 0 Å². The highest BCUT2D eigenvalue weighted by atomic mass is 35.5. The number of fused-ring (bicyclic) bond motifs is 1. The number of hydrogen-bond donors (Lipinski definition) is 1. The fourth-order valence-electron chi connectivity index (χ4n) is 2.25. The predicted octanol–water partition coefficient (Wildman–Crippen LogP) is 3.96. The summed E-state index contributed by atoms with van der Waals surface area (Å²) in [5.74, 6) is -0.118. The van der Waals surface area contributed by atoms with Crippen molar-refractivity contribution in [3.8, 4) is 11.1 Å². The molecule has 0 bridgehead atoms. The van der Waals surface area contributed by atoms with E-state index in [1.54, 1.807) is 6.92 Å². The maximum atomic E-state index is 13.4. The van der Waals surface area contributed by atoms with Crippen LogP contribution in [0.4, 0.5) is 19.0 Å². The van der Waals surface area contributed by atoms with Crippen LogP contribution in [0.1, 0.15) is 11.4 Å². The third kappa shape index (κ3) is 2.37. The Hall–Kier alpha value is -2.28. The highest BCUT2D eigenvalue weighted by molar-refractivity contribution is 6.30. The maximum Gasteiger partial charge on any atom is 0.434 e. The average molecular weight is 327 g/mol. The summed E-state index contributed by atoms with van der Waals surface area (Å²) in [6, 6.07) is 7.36. The van der Waals surface area contributed by atoms with E-state index in [4.69, 9.17) is 17.3 Å². The van der Waals surface area contributed by atoms with Gasteiger partial charge >= 0.3 is 6.18 Å². The van der Waals surface area contributed by atoms with Crippen molar-refractivity contribution in [3.05, 3.63) is 46.7 Å². The van der Waals surface area contributed by atoms with Crippen molar-refractivity contribution < 1.29 is 13.2 Å². The zero-order valence-electron chi connectivity index (χ0n) is 11.3. The number of alkyl halides is 3. The van der Waals surface area contributed by atoms with Crippen LogP contribution >= 0.6 is 11.6 Å². The number of anilines is 1. The number of rotatable bonds is 1. The Labute approximate surface area is 128 Å². The van der Waals surface area contributed by atoms with E-state index < -0.39 is 11.9 Å². The molecule has 0 radical (unpaired) electrons. The second-order valence-corrected chi connectivity index (χ2v) is 5.22. The van der Waals surface area contributed by atoms with Gasteiger partial charge in [0.15, 0.2) is 11.3 Å². The quantitative estimate of drug-likeness (QED) is 0.736. The highest BCUT2D eigenvalue weighted by Crippen LogP contribution is 2.39. The molecule has 0 fully saturated rings. The fraction of sp³-hybridized carbons (Fsp3) is 0.143. The normalized spacial score (nSPS) is 12.0. The predicted molar refractivity (Wildman–Crippen MR) is 77.6 cm³/mol. The van der Waals surface area contributed by atoms with Crippen LogP contribution in [0.2, 0.25) is 5.02 Å². The Morgan fingerprint density at radius 1 is 1.18 bits per heavy atom. The Morgan fingerprint density at radius 2 is 1.82 bits per heavy atom. The molecule has 0 amide bonds. The summed E-state index contributed by atoms with van der Waals surface area (Å²) < 4.78 is 41.3. The summed E-state index contributed by atoms with van der Waals surface area (Å²) in [6.45, 7) is 1.66. The van der Waals surface area contributed by atoms with Crippen molar-refractivity contribution in [2.45, 2.75) is 13.1 Å². The molecule has 0 saturated heterocycles. The van der Waals surface area contributed by atoms with Crippen molar-refractivity contribution in [1.29, 1.82) is 0 Å². The van der Waals surface area contributed by atoms with Crippen LogP contribution in [0, 0.1) is 6.92 Å². The van der Waals surface area contributed by atoms with Gasteiger partial charge in [-0.3, -0.25) is 0 Å². The number of nitrogen functional groups attached to an aromatic ring is 1. The lowest BCUT2D eigenvalue weighted by Crippen LogP contribution is -2.15. The molecule has 0 atom stereocenters. The molecule has 0 aliphatic rings. The first kappa shape index (κ1) is 14.6. The number of hydrogen-bond acceptors (Lipinski definition) is 3. The number of aromatic nitrogens is 3. The Morgan fingerprint density at radius 3 is 2.41 bits per heavy atom. The lowest BCUT2D eigenvalue weighted by Gasteiger charge is -2.15. The first-order valence-electron chi connectivity index (χ1n) is 6.26. The molecule has 1 aromatic carbocycles. The number of aryl methyl sites for hydroxylation is 1. The van der Waals surface area contributed by atoms with Crippen LogP contribution in [0.3, 0.4) is 0 Å². The molecule has 2 aromatic heterocycles. The molecule has 3 rings (SSSR count). The van der Waals surface area contributed by atoms with E-state index in [9.17, 15) is 13.2 Å². The van der Waals surface area contributed by atoms with Gasteiger partial charge in [0.05, 0.1) is 11.3 Å². The number of halogens is 4. The van der Waals surface area contributed by atoms with Crippen molar-refractivity contribution in [2.24, 2.45) is 0 Å². The van der Waals surface area contributed by atoms with Gasteiger partial charge in [-0.1, -0.05) is 23.7 Å². The van der Waals surface area contributed by atoms with Gasteiger partial charge in [0.2, 0.25) is 0 Å². The molecule has 0 spiro atoms. The molecule has 0 saturated carbocycles. The lowest BCUT2D eigenvalue weighted by molar-refractivity contribution is -0.140. The third-order valence-electron chi connectivity index (χ3n) is 3.16. The Kier molecular flexibility index (Phi) is 3.25. The van der Waals surface area contributed by atoms with Gasteiger partial charge in [-0.25, -0.2) is 4.98 Å². The SMILES string of the molecule is Cc1cc2nc(C(F)(F)F)c(-c3ccc(Cl)cc3)c(N)n2n1. The second kappa shape index (κ2) is 4.88. The van der Waals surface area contributed by atoms with Crippen LogP contribution in [-0.2, 0) is 6.18 Å². The number of nitrogens with two attached hydrogens (primary N) is 1. The molecule has 2 heterocycles. The van der Waals surface area contributed by atoms with Crippen LogP contribution in [0.5, 0.6) is 0 Å². The molecule has 0 aliphatic carbocycles. The summed E-state index contributed by atoms with van der Waals surface area (Å²) in [6.07, 6.45) is -4.64. The first-order chi connectivity index (χ1) is 10.3. The van der Waals surface area contributed by atoms with Crippen LogP contribution in [0.25, 0.3) is 16.8 Å². The van der Waals surface area contributed by atoms with E-state index >= 15 is 0 Å². The summed E-state index contributed by atoms with van der Waals surface area (Å²) >= 11 is 5.78. The minimum atomic E-state index is -4.64. The van der Waals surface area contributed by atoms with Gasteiger partial charge in [-0.05, 0) is 24.6 Å². The molecule has 2 N–H and O–H groups in total. The smallest absolute Gasteiger partial charge is 0.383 e. The minimum absolute atomic E-state index is 0.0556. The molecule has 0 unspecified atom stereocenters. The molecule has 0 aliphatic heterocycles. The maximum absolute atomic E-state index is 13.4. The third-order valence-corrected chi connectivity index (χ3v) is 3.41. The molecule has 114 valence electrons. The Bertz CT molecular complexity index is 853. The monoisotopic (exact) mass is 326 g/mol. The van der Waals surface area contributed by atoms with Crippen LogP contribution in [0.15, 0.2) is 30.3 Å². The molecule has 22 heavy (non-hydrogen) atoms. The van der Waals surface area contributed by atoms with Crippen molar-refractivity contribution in [2.75, 3.05) is 5.73 Å². The van der Waals surface area contributed by atoms with Gasteiger partial charge in [-0.2, -0.15) is 22.8 Å². The van der Waals surface area contributed by atoms with E-state index in [1.165, 1.54) is 34.8 Å². The standard InChI is InChI=1S/C14H10ClF3N4/c1-7-6-10-20-12(14(16,17)18)11(13(19)22(10)21-7)8-2-4-9(15)5-3-8/h2-6H,19H2,1H3. The van der Waals surface area contributed by atoms with Gasteiger partial charge in [0, 0.05) is 11.1 Å². The number of nitrogens with zero attached hydrogens (tertiary/aromatic N) is 3. The van der Waals surface area contributed by atoms with E-state index in [-0.39, 0.29) is 22.6 Å². The summed E-state index contributed by atoms with van der Waals surface area (Å²) in [5.41, 5.74) is 5.54. The number of benzene rings is 1. The molecule has 8 heteroatoms. The summed E-state index contributed by atoms with van der Waals surface area (Å²) in [5, 5.41) is 4.49. The van der Waals surface area contributed by atoms with Gasteiger partial charge < -0.3 is 5.73 Å². The lowest BCUT2D eigenvalue weighted by atomic mass is 10.0. The average Bonchev–Trinajstić information content (AvgIpc) is 2.80. The summed E-state index contributed by atoms with van der Waals surface area (Å²) in [4.78, 5) is 3.69.